The number of thiol groups is 1. The lowest BCUT2D eigenvalue weighted by Crippen LogP contribution is -1.81. The first-order valence-electron chi connectivity index (χ1n) is 6.78. The normalized spacial score (nSPS) is 11.0. The zero-order valence-electron chi connectivity index (χ0n) is 11.2. The molecule has 18 heavy (non-hydrogen) atoms. The van der Waals surface area contributed by atoms with Gasteiger partial charge in [-0.15, -0.1) is 0 Å². The van der Waals surface area contributed by atoms with Gasteiger partial charge in [0, 0.05) is 0 Å². The number of rotatable bonds is 10. The summed E-state index contributed by atoms with van der Waals surface area (Å²) < 4.78 is -0.250. The van der Waals surface area contributed by atoms with Crippen molar-refractivity contribution in [1.82, 2.24) is 0 Å². The van der Waals surface area contributed by atoms with Crippen LogP contribution in [0.1, 0.15) is 71.1 Å². The van der Waals surface area contributed by atoms with E-state index in [2.05, 4.69) is 83.3 Å². The van der Waals surface area contributed by atoms with Gasteiger partial charge < -0.3 is 0 Å². The summed E-state index contributed by atoms with van der Waals surface area (Å²) in [4.78, 5) is 0. The maximum absolute atomic E-state index is 4.20. The lowest BCUT2D eigenvalue weighted by Gasteiger charge is -2.00. The smallest absolute Gasteiger partial charge is 0.179 e. The lowest BCUT2D eigenvalue weighted by molar-refractivity contribution is 0.563. The molecule has 0 aromatic heterocycles. The van der Waals surface area contributed by atoms with Gasteiger partial charge in [0.2, 0.25) is 0 Å². The molecule has 0 saturated heterocycles. The Hall–Kier alpha value is 2.27. The Kier molecular flexibility index (Phi) is 21.7. The van der Waals surface area contributed by atoms with Crippen molar-refractivity contribution < 1.29 is 0 Å². The van der Waals surface area contributed by atoms with Gasteiger partial charge in [0.1, 0.15) is 0 Å². The van der Waals surface area contributed by atoms with Gasteiger partial charge in [0.05, 0.1) is 0 Å². The molecule has 0 amide bonds. The molecule has 0 atom stereocenters. The van der Waals surface area contributed by atoms with Gasteiger partial charge >= 0.3 is 0 Å². The van der Waals surface area contributed by atoms with E-state index in [1.165, 1.54) is 64.2 Å². The zero-order valence-corrected chi connectivity index (χ0v) is 18.5. The minimum Gasteiger partial charge on any atom is -0.179 e. The SMILES string of the molecule is BrC(Br)(Br)Br.CCCCCCCCCCCCS. The van der Waals surface area contributed by atoms with Crippen LogP contribution in [0.3, 0.4) is 0 Å². The Morgan fingerprint density at radius 3 is 1.22 bits per heavy atom. The third-order valence-electron chi connectivity index (χ3n) is 2.51. The molecule has 0 nitrogen and oxygen atoms in total. The second-order valence-corrected chi connectivity index (χ2v) is 15.9. The lowest BCUT2D eigenvalue weighted by atomic mass is 10.1. The van der Waals surface area contributed by atoms with E-state index in [1.807, 2.05) is 0 Å². The van der Waals surface area contributed by atoms with E-state index in [1.54, 1.807) is 0 Å². The van der Waals surface area contributed by atoms with Crippen LogP contribution in [0.4, 0.5) is 0 Å². The van der Waals surface area contributed by atoms with Crippen LogP contribution in [0.25, 0.3) is 0 Å². The fourth-order valence-electron chi connectivity index (χ4n) is 1.60. The Morgan fingerprint density at radius 2 is 0.944 bits per heavy atom. The van der Waals surface area contributed by atoms with E-state index < -0.39 is 0 Å². The van der Waals surface area contributed by atoms with E-state index in [0.29, 0.717) is 0 Å². The molecule has 0 heterocycles. The number of hydrogen-bond donors (Lipinski definition) is 1. The van der Waals surface area contributed by atoms with Crippen LogP contribution in [0, 0.1) is 0 Å². The number of alkyl halides is 4. The number of halogens is 4. The van der Waals surface area contributed by atoms with Crippen molar-refractivity contribution >= 4 is 76.3 Å². The van der Waals surface area contributed by atoms with Gasteiger partial charge in [-0.3, -0.25) is 0 Å². The van der Waals surface area contributed by atoms with Gasteiger partial charge in [-0.25, -0.2) is 0 Å². The molecule has 0 aliphatic rings. The highest BCUT2D eigenvalue weighted by Crippen LogP contribution is 2.39. The Labute approximate surface area is 153 Å². The van der Waals surface area contributed by atoms with E-state index >= 15 is 0 Å². The highest BCUT2D eigenvalue weighted by Gasteiger charge is 2.08. The van der Waals surface area contributed by atoms with E-state index in [-0.39, 0.29) is 1.05 Å². The van der Waals surface area contributed by atoms with Crippen molar-refractivity contribution in [3.8, 4) is 0 Å². The van der Waals surface area contributed by atoms with Crippen LogP contribution in [0.5, 0.6) is 0 Å². The van der Waals surface area contributed by atoms with Crippen LogP contribution < -0.4 is 0 Å². The Bertz CT molecular complexity index is 132. The Morgan fingerprint density at radius 1 is 0.667 bits per heavy atom. The van der Waals surface area contributed by atoms with Gasteiger partial charge in [-0.2, -0.15) is 12.6 Å². The van der Waals surface area contributed by atoms with Crippen molar-refractivity contribution in [2.75, 3.05) is 5.75 Å². The molecule has 5 heteroatoms. The zero-order chi connectivity index (χ0) is 14.3. The van der Waals surface area contributed by atoms with E-state index in [0.717, 1.165) is 5.75 Å². The fourth-order valence-corrected chi connectivity index (χ4v) is 1.82. The Balaban J connectivity index is 0. The topological polar surface area (TPSA) is 0 Å². The quantitative estimate of drug-likeness (QED) is 0.164. The molecule has 0 spiro atoms. The molecule has 0 rings (SSSR count). The van der Waals surface area contributed by atoms with Crippen molar-refractivity contribution in [3.05, 3.63) is 0 Å². The summed E-state index contributed by atoms with van der Waals surface area (Å²) in [6.45, 7) is 2.28. The third kappa shape index (κ3) is 36.2. The van der Waals surface area contributed by atoms with Crippen LogP contribution in [-0.2, 0) is 0 Å². The van der Waals surface area contributed by atoms with Crippen LogP contribution in [-0.4, -0.2) is 6.80 Å². The largest absolute Gasteiger partial charge is 0.189 e. The molecule has 0 fully saturated rings. The molecular formula is C13H26Br4S. The van der Waals surface area contributed by atoms with Gasteiger partial charge in [-0.05, 0) is 75.9 Å². The van der Waals surface area contributed by atoms with E-state index in [9.17, 15) is 0 Å². The van der Waals surface area contributed by atoms with Crippen molar-refractivity contribution in [3.63, 3.8) is 0 Å². The average molecular weight is 534 g/mol. The fraction of sp³-hybridized carbons (Fsp3) is 1.00. The van der Waals surface area contributed by atoms with Crippen molar-refractivity contribution in [1.29, 1.82) is 0 Å². The third-order valence-corrected chi connectivity index (χ3v) is 2.83. The van der Waals surface area contributed by atoms with Crippen LogP contribution in [0.15, 0.2) is 0 Å². The highest BCUT2D eigenvalue weighted by atomic mass is 80.0. The second kappa shape index (κ2) is 17.3. The highest BCUT2D eigenvalue weighted by molar-refractivity contribution is 9.52. The minimum absolute atomic E-state index is 0.250. The summed E-state index contributed by atoms with van der Waals surface area (Å²) in [6, 6.07) is 0. The monoisotopic (exact) mass is 530 g/mol. The van der Waals surface area contributed by atoms with Gasteiger partial charge in [-0.1, -0.05) is 64.7 Å². The molecule has 0 aromatic rings. The number of unbranched alkanes of at least 4 members (excludes halogenated alkanes) is 9. The molecule has 0 saturated carbocycles. The van der Waals surface area contributed by atoms with Gasteiger partial charge in [0.15, 0.2) is 1.05 Å². The maximum atomic E-state index is 4.20. The van der Waals surface area contributed by atoms with Crippen LogP contribution >= 0.6 is 76.3 Å². The standard InChI is InChI=1S/C12H26S.CBr4/c1-2-3-4-5-6-7-8-9-10-11-12-13;2-1(3,4)5/h13H,2-12H2,1H3;. The first-order valence-corrected chi connectivity index (χ1v) is 10.6. The molecule has 0 aliphatic carbocycles. The molecule has 0 aliphatic heterocycles. The molecule has 0 aromatic carbocycles. The average Bonchev–Trinajstić information content (AvgIpc) is 2.25. The van der Waals surface area contributed by atoms with E-state index in [4.69, 9.17) is 0 Å². The second-order valence-electron chi connectivity index (χ2n) is 4.33. The predicted octanol–water partition coefficient (Wildman–Crippen LogP) is 8.01. The summed E-state index contributed by atoms with van der Waals surface area (Å²) in [5, 5.41) is 0. The summed E-state index contributed by atoms with van der Waals surface area (Å²) >= 11 is 16.7. The first kappa shape index (κ1) is 22.5. The summed E-state index contributed by atoms with van der Waals surface area (Å²) in [7, 11) is 0. The van der Waals surface area contributed by atoms with Crippen molar-refractivity contribution in [2.24, 2.45) is 0 Å². The molecule has 0 bridgehead atoms. The maximum Gasteiger partial charge on any atom is 0.189 e. The molecule has 0 radical (unpaired) electrons. The molecule has 0 unspecified atom stereocenters. The van der Waals surface area contributed by atoms with Crippen molar-refractivity contribution in [2.45, 2.75) is 72.2 Å². The molecule has 112 valence electrons. The predicted molar refractivity (Wildman–Crippen MR) is 104 cm³/mol. The minimum atomic E-state index is -0.250. The van der Waals surface area contributed by atoms with Crippen LogP contribution in [0.2, 0.25) is 0 Å². The number of hydrogen-bond acceptors (Lipinski definition) is 1. The molecule has 0 N–H and O–H groups in total. The summed E-state index contributed by atoms with van der Waals surface area (Å²) in [5.41, 5.74) is 0. The summed E-state index contributed by atoms with van der Waals surface area (Å²) in [5.74, 6) is 1.07. The summed E-state index contributed by atoms with van der Waals surface area (Å²) in [6.07, 6.45) is 14.2. The molecular weight excluding hydrogens is 508 g/mol. The van der Waals surface area contributed by atoms with Gasteiger partial charge in [0.25, 0.3) is 0 Å². The first-order chi connectivity index (χ1) is 8.41.